The van der Waals surface area contributed by atoms with Crippen LogP contribution in [-0.2, 0) is 4.79 Å². The Morgan fingerprint density at radius 3 is 1.42 bits per heavy atom. The molecule has 0 aromatic heterocycles. The predicted molar refractivity (Wildman–Crippen MR) is 111 cm³/mol. The molecule has 0 bridgehead atoms. The van der Waals surface area contributed by atoms with Crippen LogP contribution < -0.4 is 0 Å². The fraction of sp³-hybridized carbons (Fsp3) is 0.957. The van der Waals surface area contributed by atoms with Crippen LogP contribution in [0.15, 0.2) is 0 Å². The number of hydrogen-bond donors (Lipinski definition) is 2. The molecule has 0 aliphatic rings. The van der Waals surface area contributed by atoms with Gasteiger partial charge >= 0.3 is 0 Å². The van der Waals surface area contributed by atoms with Crippen molar-refractivity contribution in [1.82, 2.24) is 0 Å². The molecule has 3 nitrogen and oxygen atoms in total. The third kappa shape index (κ3) is 13.7. The Labute approximate surface area is 163 Å². The van der Waals surface area contributed by atoms with Crippen LogP contribution in [0.3, 0.4) is 0 Å². The summed E-state index contributed by atoms with van der Waals surface area (Å²) in [7, 11) is 0. The monoisotopic (exact) mass is 370 g/mol. The Morgan fingerprint density at radius 1 is 0.654 bits per heavy atom. The van der Waals surface area contributed by atoms with Gasteiger partial charge < -0.3 is 10.2 Å². The van der Waals surface area contributed by atoms with E-state index in [9.17, 15) is 4.79 Å². The zero-order chi connectivity index (χ0) is 19.9. The maximum absolute atomic E-state index is 11.9. The lowest BCUT2D eigenvalue weighted by molar-refractivity contribution is -0.126. The highest BCUT2D eigenvalue weighted by Crippen LogP contribution is 2.23. The molecule has 156 valence electrons. The van der Waals surface area contributed by atoms with Gasteiger partial charge in [0.05, 0.1) is 19.1 Å². The molecule has 0 saturated carbocycles. The number of Topliss-reactive ketones (excluding diaryl/α,β-unsaturated/α-hetero) is 1. The van der Waals surface area contributed by atoms with Crippen LogP contribution in [0.1, 0.15) is 98.8 Å². The lowest BCUT2D eigenvalue weighted by Gasteiger charge is -2.17. The third-order valence-electron chi connectivity index (χ3n) is 5.71. The molecule has 0 aliphatic carbocycles. The van der Waals surface area contributed by atoms with Crippen molar-refractivity contribution in [2.24, 2.45) is 29.6 Å². The Morgan fingerprint density at radius 2 is 1.04 bits per heavy atom. The molecule has 0 saturated heterocycles. The summed E-state index contributed by atoms with van der Waals surface area (Å²) in [5, 5.41) is 18.1. The van der Waals surface area contributed by atoms with Gasteiger partial charge in [-0.05, 0) is 23.7 Å². The van der Waals surface area contributed by atoms with Gasteiger partial charge in [0.25, 0.3) is 0 Å². The Hall–Kier alpha value is -0.410. The Bertz CT molecular complexity index is 336. The lowest BCUT2D eigenvalue weighted by atomic mass is 9.89. The second kappa shape index (κ2) is 15.6. The second-order valence-electron chi connectivity index (χ2n) is 9.23. The topological polar surface area (TPSA) is 57.5 Å². The number of carbonyl (C=O) groups is 1. The van der Waals surface area contributed by atoms with Gasteiger partial charge in [0.15, 0.2) is 0 Å². The Kier molecular flexibility index (Phi) is 15.4. The van der Waals surface area contributed by atoms with E-state index >= 15 is 0 Å². The van der Waals surface area contributed by atoms with E-state index in [0.29, 0.717) is 12.3 Å². The average molecular weight is 371 g/mol. The second-order valence-corrected chi connectivity index (χ2v) is 9.23. The summed E-state index contributed by atoms with van der Waals surface area (Å²) in [4.78, 5) is 11.9. The Balaban J connectivity index is 3.72. The maximum atomic E-state index is 11.9. The van der Waals surface area contributed by atoms with Crippen LogP contribution in [0, 0.1) is 29.6 Å². The standard InChI is InChI=1S/C23H46O3/c1-18(2)9-6-10-19(3)11-7-12-20(4)13-8-14-21(5)15-23(26)22(16-24)17-25/h18-22,24-25H,6-17H2,1-5H3. The zero-order valence-electron chi connectivity index (χ0n) is 18.2. The summed E-state index contributed by atoms with van der Waals surface area (Å²) in [6, 6.07) is 0. The highest BCUT2D eigenvalue weighted by atomic mass is 16.3. The summed E-state index contributed by atoms with van der Waals surface area (Å²) in [5.74, 6) is 2.22. The van der Waals surface area contributed by atoms with Crippen LogP contribution in [0.4, 0.5) is 0 Å². The molecule has 0 aliphatic heterocycles. The number of ketones is 1. The first-order valence-electron chi connectivity index (χ1n) is 11.0. The van der Waals surface area contributed by atoms with Crippen LogP contribution in [0.5, 0.6) is 0 Å². The van der Waals surface area contributed by atoms with Crippen molar-refractivity contribution in [1.29, 1.82) is 0 Å². The quantitative estimate of drug-likeness (QED) is 0.349. The van der Waals surface area contributed by atoms with Gasteiger partial charge in [-0.3, -0.25) is 4.79 Å². The molecule has 0 rings (SSSR count). The molecule has 0 amide bonds. The van der Waals surface area contributed by atoms with Crippen LogP contribution in [-0.4, -0.2) is 29.2 Å². The number of hydrogen-bond acceptors (Lipinski definition) is 3. The first kappa shape index (κ1) is 25.6. The molecule has 2 N–H and O–H groups in total. The number of aliphatic hydroxyl groups excluding tert-OH is 2. The molecular weight excluding hydrogens is 324 g/mol. The maximum Gasteiger partial charge on any atom is 0.140 e. The van der Waals surface area contributed by atoms with Gasteiger partial charge in [-0.2, -0.15) is 0 Å². The molecule has 3 atom stereocenters. The van der Waals surface area contributed by atoms with Crippen molar-refractivity contribution in [3.8, 4) is 0 Å². The predicted octanol–water partition coefficient (Wildman–Crippen LogP) is 5.62. The largest absolute Gasteiger partial charge is 0.396 e. The van der Waals surface area contributed by atoms with E-state index in [-0.39, 0.29) is 19.0 Å². The van der Waals surface area contributed by atoms with Crippen molar-refractivity contribution >= 4 is 5.78 Å². The SMILES string of the molecule is CC(C)CCCC(C)CCCC(C)CCCC(C)CC(=O)C(CO)CO. The number of aliphatic hydroxyl groups is 2. The van der Waals surface area contributed by atoms with Crippen LogP contribution >= 0.6 is 0 Å². The van der Waals surface area contributed by atoms with Gasteiger partial charge in [-0.15, -0.1) is 0 Å². The first-order chi connectivity index (χ1) is 12.3. The first-order valence-corrected chi connectivity index (χ1v) is 11.0. The molecule has 3 heteroatoms. The summed E-state index contributed by atoms with van der Waals surface area (Å²) in [5.41, 5.74) is 0. The molecule has 0 aromatic carbocycles. The lowest BCUT2D eigenvalue weighted by Crippen LogP contribution is -2.23. The molecule has 0 aromatic rings. The van der Waals surface area contributed by atoms with Gasteiger partial charge in [0.2, 0.25) is 0 Å². The molecule has 0 heterocycles. The van der Waals surface area contributed by atoms with Gasteiger partial charge in [-0.25, -0.2) is 0 Å². The van der Waals surface area contributed by atoms with E-state index in [2.05, 4.69) is 34.6 Å². The summed E-state index contributed by atoms with van der Waals surface area (Å²) < 4.78 is 0. The van der Waals surface area contributed by atoms with E-state index in [1.807, 2.05) is 0 Å². The zero-order valence-corrected chi connectivity index (χ0v) is 18.2. The van der Waals surface area contributed by atoms with Crippen molar-refractivity contribution in [2.45, 2.75) is 98.8 Å². The van der Waals surface area contributed by atoms with Crippen molar-refractivity contribution in [3.05, 3.63) is 0 Å². The highest BCUT2D eigenvalue weighted by molar-refractivity contribution is 5.81. The van der Waals surface area contributed by atoms with E-state index in [0.717, 1.165) is 24.2 Å². The molecule has 0 spiro atoms. The fourth-order valence-corrected chi connectivity index (χ4v) is 3.67. The summed E-state index contributed by atoms with van der Waals surface area (Å²) >= 11 is 0. The minimum atomic E-state index is -0.584. The van der Waals surface area contributed by atoms with Crippen LogP contribution in [0.25, 0.3) is 0 Å². The van der Waals surface area contributed by atoms with Crippen molar-refractivity contribution in [2.75, 3.05) is 13.2 Å². The van der Waals surface area contributed by atoms with Crippen LogP contribution in [0.2, 0.25) is 0 Å². The molecule has 3 unspecified atom stereocenters. The number of carbonyl (C=O) groups excluding carboxylic acids is 1. The van der Waals surface area contributed by atoms with Crippen molar-refractivity contribution < 1.29 is 15.0 Å². The highest BCUT2D eigenvalue weighted by Gasteiger charge is 2.18. The summed E-state index contributed by atoms with van der Waals surface area (Å²) in [6.07, 6.45) is 12.1. The normalized spacial score (nSPS) is 15.4. The van der Waals surface area contributed by atoms with E-state index in [1.54, 1.807) is 0 Å². The van der Waals surface area contributed by atoms with E-state index in [1.165, 1.54) is 51.4 Å². The number of rotatable bonds is 17. The fourth-order valence-electron chi connectivity index (χ4n) is 3.67. The smallest absolute Gasteiger partial charge is 0.140 e. The average Bonchev–Trinajstić information content (AvgIpc) is 2.55. The molecular formula is C23H46O3. The molecule has 0 radical (unpaired) electrons. The summed E-state index contributed by atoms with van der Waals surface area (Å²) in [6.45, 7) is 11.0. The minimum absolute atomic E-state index is 0.00185. The minimum Gasteiger partial charge on any atom is -0.396 e. The van der Waals surface area contributed by atoms with E-state index < -0.39 is 5.92 Å². The van der Waals surface area contributed by atoms with Gasteiger partial charge in [0, 0.05) is 6.42 Å². The van der Waals surface area contributed by atoms with Gasteiger partial charge in [-0.1, -0.05) is 92.4 Å². The van der Waals surface area contributed by atoms with E-state index in [4.69, 9.17) is 10.2 Å². The van der Waals surface area contributed by atoms with Crippen molar-refractivity contribution in [3.63, 3.8) is 0 Å². The molecule has 26 heavy (non-hydrogen) atoms. The third-order valence-corrected chi connectivity index (χ3v) is 5.71. The molecule has 0 fully saturated rings. The van der Waals surface area contributed by atoms with Gasteiger partial charge in [0.1, 0.15) is 5.78 Å².